The highest BCUT2D eigenvalue weighted by Crippen LogP contribution is 2.34. The summed E-state index contributed by atoms with van der Waals surface area (Å²) in [6.45, 7) is 4.50. The molecule has 126 valence electrons. The SMILES string of the molecule is Cc1ccc2c(-c3csc(NC4CCCC(C)C4)n3)cn(C)c2c1. The van der Waals surface area contributed by atoms with E-state index in [1.54, 1.807) is 11.3 Å². The number of fused-ring (bicyclic) bond motifs is 1. The van der Waals surface area contributed by atoms with E-state index < -0.39 is 0 Å². The third-order valence-corrected chi connectivity index (χ3v) is 5.96. The molecule has 1 fully saturated rings. The molecule has 0 bridgehead atoms. The Morgan fingerprint density at radius 1 is 1.29 bits per heavy atom. The Hall–Kier alpha value is -1.81. The topological polar surface area (TPSA) is 29.9 Å². The van der Waals surface area contributed by atoms with Crippen LogP contribution in [0.3, 0.4) is 0 Å². The van der Waals surface area contributed by atoms with Crippen LogP contribution < -0.4 is 5.32 Å². The normalized spacial score (nSPS) is 21.3. The van der Waals surface area contributed by atoms with Crippen molar-refractivity contribution in [2.45, 2.75) is 45.6 Å². The summed E-state index contributed by atoms with van der Waals surface area (Å²) in [6.07, 6.45) is 7.44. The molecule has 3 aromatic rings. The fourth-order valence-electron chi connectivity index (χ4n) is 3.90. The summed E-state index contributed by atoms with van der Waals surface area (Å²) in [5.41, 5.74) is 4.88. The van der Waals surface area contributed by atoms with Gasteiger partial charge in [-0.3, -0.25) is 0 Å². The average molecular weight is 340 g/mol. The third-order valence-electron chi connectivity index (χ3n) is 5.19. The second-order valence-electron chi connectivity index (χ2n) is 7.33. The maximum atomic E-state index is 4.88. The first-order valence-corrected chi connectivity index (χ1v) is 9.76. The summed E-state index contributed by atoms with van der Waals surface area (Å²) >= 11 is 1.73. The van der Waals surface area contributed by atoms with Crippen molar-refractivity contribution in [1.82, 2.24) is 9.55 Å². The van der Waals surface area contributed by atoms with E-state index in [1.807, 2.05) is 0 Å². The quantitative estimate of drug-likeness (QED) is 0.673. The summed E-state index contributed by atoms with van der Waals surface area (Å²) < 4.78 is 2.20. The molecule has 0 spiro atoms. The fourth-order valence-corrected chi connectivity index (χ4v) is 4.69. The molecule has 0 amide bonds. The van der Waals surface area contributed by atoms with Gasteiger partial charge >= 0.3 is 0 Å². The van der Waals surface area contributed by atoms with Crippen LogP contribution in [0.25, 0.3) is 22.2 Å². The Balaban J connectivity index is 1.61. The number of hydrogen-bond donors (Lipinski definition) is 1. The zero-order valence-corrected chi connectivity index (χ0v) is 15.5. The van der Waals surface area contributed by atoms with Crippen LogP contribution in [-0.2, 0) is 7.05 Å². The van der Waals surface area contributed by atoms with Gasteiger partial charge in [0.2, 0.25) is 0 Å². The van der Waals surface area contributed by atoms with Crippen LogP contribution >= 0.6 is 11.3 Å². The number of nitrogens with zero attached hydrogens (tertiary/aromatic N) is 2. The third kappa shape index (κ3) is 2.95. The molecule has 0 aliphatic heterocycles. The molecule has 0 radical (unpaired) electrons. The predicted octanol–water partition coefficient (Wildman–Crippen LogP) is 5.60. The van der Waals surface area contributed by atoms with E-state index in [-0.39, 0.29) is 0 Å². The van der Waals surface area contributed by atoms with Gasteiger partial charge in [0.25, 0.3) is 0 Å². The van der Waals surface area contributed by atoms with Crippen LogP contribution in [0.5, 0.6) is 0 Å². The Bertz CT molecular complexity index is 861. The van der Waals surface area contributed by atoms with Crippen molar-refractivity contribution < 1.29 is 0 Å². The summed E-state index contributed by atoms with van der Waals surface area (Å²) in [6, 6.07) is 7.23. The van der Waals surface area contributed by atoms with Crippen LogP contribution in [0.1, 0.15) is 38.2 Å². The minimum atomic E-state index is 0.586. The van der Waals surface area contributed by atoms with Crippen molar-refractivity contribution in [3.8, 4) is 11.3 Å². The monoisotopic (exact) mass is 339 g/mol. The lowest BCUT2D eigenvalue weighted by Crippen LogP contribution is -2.26. The molecule has 3 nitrogen and oxygen atoms in total. The van der Waals surface area contributed by atoms with E-state index in [0.717, 1.165) is 16.7 Å². The van der Waals surface area contributed by atoms with E-state index in [4.69, 9.17) is 4.98 Å². The largest absolute Gasteiger partial charge is 0.359 e. The maximum Gasteiger partial charge on any atom is 0.183 e. The van der Waals surface area contributed by atoms with Gasteiger partial charge in [-0.15, -0.1) is 11.3 Å². The lowest BCUT2D eigenvalue weighted by Gasteiger charge is -2.27. The van der Waals surface area contributed by atoms with Crippen molar-refractivity contribution in [1.29, 1.82) is 0 Å². The molecule has 2 aromatic heterocycles. The molecule has 1 aliphatic rings. The summed E-state index contributed by atoms with van der Waals surface area (Å²) in [7, 11) is 2.11. The van der Waals surface area contributed by atoms with Crippen LogP contribution in [-0.4, -0.2) is 15.6 Å². The van der Waals surface area contributed by atoms with Crippen LogP contribution in [0.2, 0.25) is 0 Å². The second kappa shape index (κ2) is 6.25. The predicted molar refractivity (Wildman–Crippen MR) is 104 cm³/mol. The lowest BCUT2D eigenvalue weighted by atomic mass is 9.87. The van der Waals surface area contributed by atoms with Gasteiger partial charge in [0, 0.05) is 41.1 Å². The van der Waals surface area contributed by atoms with E-state index in [9.17, 15) is 0 Å². The molecule has 2 atom stereocenters. The Morgan fingerprint density at radius 3 is 3.00 bits per heavy atom. The van der Waals surface area contributed by atoms with Crippen molar-refractivity contribution in [2.24, 2.45) is 13.0 Å². The lowest BCUT2D eigenvalue weighted by molar-refractivity contribution is 0.358. The summed E-state index contributed by atoms with van der Waals surface area (Å²) in [5.74, 6) is 0.831. The zero-order valence-electron chi connectivity index (χ0n) is 14.7. The smallest absolute Gasteiger partial charge is 0.183 e. The van der Waals surface area contributed by atoms with E-state index in [0.29, 0.717) is 6.04 Å². The number of aromatic nitrogens is 2. The van der Waals surface area contributed by atoms with Gasteiger partial charge in [-0.25, -0.2) is 4.98 Å². The number of rotatable bonds is 3. The molecule has 24 heavy (non-hydrogen) atoms. The minimum Gasteiger partial charge on any atom is -0.359 e. The van der Waals surface area contributed by atoms with Crippen LogP contribution in [0.4, 0.5) is 5.13 Å². The molecule has 1 aliphatic carbocycles. The molecule has 2 unspecified atom stereocenters. The zero-order chi connectivity index (χ0) is 16.7. The van der Waals surface area contributed by atoms with Crippen molar-refractivity contribution >= 4 is 27.4 Å². The van der Waals surface area contributed by atoms with E-state index in [2.05, 4.69) is 60.6 Å². The van der Waals surface area contributed by atoms with E-state index >= 15 is 0 Å². The van der Waals surface area contributed by atoms with Crippen molar-refractivity contribution in [3.05, 3.63) is 35.3 Å². The number of anilines is 1. The fraction of sp³-hybridized carbons (Fsp3) is 0.450. The van der Waals surface area contributed by atoms with Crippen molar-refractivity contribution in [3.63, 3.8) is 0 Å². The van der Waals surface area contributed by atoms with Crippen molar-refractivity contribution in [2.75, 3.05) is 5.32 Å². The standard InChI is InChI=1S/C20H25N3S/c1-13-5-4-6-15(9-13)21-20-22-18(12-24-20)17-11-23(3)19-10-14(2)7-8-16(17)19/h7-8,10-13,15H,4-6,9H2,1-3H3,(H,21,22). The van der Waals surface area contributed by atoms with Gasteiger partial charge in [-0.2, -0.15) is 0 Å². The van der Waals surface area contributed by atoms with Crippen LogP contribution in [0, 0.1) is 12.8 Å². The van der Waals surface area contributed by atoms with Gasteiger partial charge in [-0.05, 0) is 37.3 Å². The number of aryl methyl sites for hydroxylation is 2. The number of hydrogen-bond acceptors (Lipinski definition) is 3. The Morgan fingerprint density at radius 2 is 2.17 bits per heavy atom. The van der Waals surface area contributed by atoms with Gasteiger partial charge in [-0.1, -0.05) is 31.9 Å². The summed E-state index contributed by atoms with van der Waals surface area (Å²) in [4.78, 5) is 4.88. The van der Waals surface area contributed by atoms with Gasteiger partial charge in [0.15, 0.2) is 5.13 Å². The molecule has 1 saturated carbocycles. The highest BCUT2D eigenvalue weighted by atomic mass is 32.1. The van der Waals surface area contributed by atoms with Crippen LogP contribution in [0.15, 0.2) is 29.8 Å². The Kier molecular flexibility index (Phi) is 4.09. The minimum absolute atomic E-state index is 0.586. The molecular weight excluding hydrogens is 314 g/mol. The number of thiazole rings is 1. The van der Waals surface area contributed by atoms with E-state index in [1.165, 1.54) is 47.7 Å². The number of benzene rings is 1. The molecule has 4 heteroatoms. The molecule has 2 heterocycles. The second-order valence-corrected chi connectivity index (χ2v) is 8.18. The highest BCUT2D eigenvalue weighted by molar-refractivity contribution is 7.14. The molecule has 4 rings (SSSR count). The molecule has 1 N–H and O–H groups in total. The average Bonchev–Trinajstić information content (AvgIpc) is 3.12. The van der Waals surface area contributed by atoms with Gasteiger partial charge < -0.3 is 9.88 Å². The Labute approximate surface area is 147 Å². The van der Waals surface area contributed by atoms with Gasteiger partial charge in [0.1, 0.15) is 0 Å². The molecule has 1 aromatic carbocycles. The van der Waals surface area contributed by atoms with Gasteiger partial charge in [0.05, 0.1) is 5.69 Å². The first-order valence-electron chi connectivity index (χ1n) is 8.88. The number of nitrogens with one attached hydrogen (secondary N) is 1. The maximum absolute atomic E-state index is 4.88. The first-order chi connectivity index (χ1) is 11.6. The first kappa shape index (κ1) is 15.7. The summed E-state index contributed by atoms with van der Waals surface area (Å²) in [5, 5.41) is 8.20. The molecular formula is C20H25N3S. The molecule has 0 saturated heterocycles. The highest BCUT2D eigenvalue weighted by Gasteiger charge is 2.20.